The van der Waals surface area contributed by atoms with E-state index < -0.39 is 11.1 Å². The first-order valence-electron chi connectivity index (χ1n) is 3.90. The van der Waals surface area contributed by atoms with Crippen LogP contribution in [0.3, 0.4) is 0 Å². The van der Waals surface area contributed by atoms with Gasteiger partial charge in [0, 0.05) is 18.2 Å². The molecular weight excluding hydrogens is 192 g/mol. The number of nitrogens with zero attached hydrogens (tertiary/aromatic N) is 1. The van der Waals surface area contributed by atoms with Gasteiger partial charge in [-0.25, -0.2) is 4.79 Å². The number of hydrogen-bond donors (Lipinski definition) is 1. The zero-order chi connectivity index (χ0) is 11.0. The Labute approximate surface area is 80.6 Å². The van der Waals surface area contributed by atoms with Crippen molar-refractivity contribution < 1.29 is 19.5 Å². The molecule has 0 amide bonds. The van der Waals surface area contributed by atoms with Crippen molar-refractivity contribution in [2.75, 3.05) is 13.2 Å². The van der Waals surface area contributed by atoms with Gasteiger partial charge >= 0.3 is 5.97 Å². The first-order chi connectivity index (χ1) is 6.52. The maximum absolute atomic E-state index is 10.8. The normalized spacial score (nSPS) is 10.8. The molecule has 0 aliphatic carbocycles. The maximum Gasteiger partial charge on any atom is 0.332 e. The highest BCUT2D eigenvalue weighted by Crippen LogP contribution is 1.89. The van der Waals surface area contributed by atoms with Gasteiger partial charge in [0.05, 0.1) is 13.2 Å². The highest BCUT2D eigenvalue weighted by molar-refractivity contribution is 5.82. The van der Waals surface area contributed by atoms with E-state index in [1.54, 1.807) is 6.92 Å². The van der Waals surface area contributed by atoms with Crippen molar-refractivity contribution in [3.05, 3.63) is 21.9 Å². The second kappa shape index (κ2) is 6.70. The number of carbonyl (C=O) groups is 1. The fourth-order valence-electron chi connectivity index (χ4n) is 0.598. The highest BCUT2D eigenvalue weighted by Gasteiger charge is 1.99. The Balaban J connectivity index is 3.41. The molecule has 0 aliphatic heterocycles. The van der Waals surface area contributed by atoms with Gasteiger partial charge in [0.1, 0.15) is 0 Å². The predicted molar refractivity (Wildman–Crippen MR) is 46.5 cm³/mol. The lowest BCUT2D eigenvalue weighted by atomic mass is 10.4. The van der Waals surface area contributed by atoms with Crippen molar-refractivity contribution in [1.82, 2.24) is 0 Å². The number of nitrogens with two attached hydrogens (primary N) is 1. The lowest BCUT2D eigenvalue weighted by Crippen LogP contribution is -2.09. The molecule has 0 saturated carbocycles. The fourth-order valence-corrected chi connectivity index (χ4v) is 0.598. The van der Waals surface area contributed by atoms with Crippen molar-refractivity contribution in [3.63, 3.8) is 0 Å². The van der Waals surface area contributed by atoms with Crippen molar-refractivity contribution in [1.29, 1.82) is 0 Å². The van der Waals surface area contributed by atoms with Crippen LogP contribution in [0.1, 0.15) is 13.3 Å². The van der Waals surface area contributed by atoms with E-state index in [1.807, 2.05) is 0 Å². The number of esters is 1. The van der Waals surface area contributed by atoms with Gasteiger partial charge in [-0.15, -0.1) is 10.1 Å². The predicted octanol–water partition coefficient (Wildman–Crippen LogP) is -0.00950. The molecule has 0 saturated heterocycles. The van der Waals surface area contributed by atoms with Crippen LogP contribution >= 0.6 is 0 Å². The monoisotopic (exact) mass is 204 g/mol. The molecule has 0 radical (unpaired) electrons. The smallest absolute Gasteiger partial charge is 0.332 e. The van der Waals surface area contributed by atoms with Crippen LogP contribution in [0.2, 0.25) is 0 Å². The van der Waals surface area contributed by atoms with Gasteiger partial charge in [-0.3, -0.25) is 0 Å². The molecule has 0 aliphatic rings. The van der Waals surface area contributed by atoms with Crippen LogP contribution in [0.25, 0.3) is 0 Å². The van der Waals surface area contributed by atoms with E-state index in [4.69, 9.17) is 5.73 Å². The molecule has 0 heterocycles. The number of allylic oxidation sites excluding steroid dienone is 1. The molecule has 0 unspecified atom stereocenters. The van der Waals surface area contributed by atoms with Gasteiger partial charge in [-0.05, 0) is 6.92 Å². The quantitative estimate of drug-likeness (QED) is 0.214. The van der Waals surface area contributed by atoms with Crippen molar-refractivity contribution in [2.45, 2.75) is 13.3 Å². The molecule has 0 atom stereocenters. The molecule has 14 heavy (non-hydrogen) atoms. The molecule has 7 nitrogen and oxygen atoms in total. The molecule has 0 spiro atoms. The zero-order valence-electron chi connectivity index (χ0n) is 7.76. The summed E-state index contributed by atoms with van der Waals surface area (Å²) >= 11 is 0. The van der Waals surface area contributed by atoms with Crippen LogP contribution in [-0.2, 0) is 14.4 Å². The number of ether oxygens (including phenoxy) is 1. The Bertz CT molecular complexity index is 234. The Morgan fingerprint density at radius 1 is 1.57 bits per heavy atom. The average molecular weight is 204 g/mol. The first-order valence-corrected chi connectivity index (χ1v) is 3.90. The van der Waals surface area contributed by atoms with E-state index in [1.165, 1.54) is 0 Å². The molecule has 0 fully saturated rings. The van der Waals surface area contributed by atoms with Crippen LogP contribution in [-0.4, -0.2) is 24.3 Å². The summed E-state index contributed by atoms with van der Waals surface area (Å²) < 4.78 is 4.64. The van der Waals surface area contributed by atoms with Crippen LogP contribution < -0.4 is 5.73 Å². The Morgan fingerprint density at radius 2 is 2.21 bits per heavy atom. The molecule has 0 aromatic heterocycles. The molecule has 2 N–H and O–H groups in total. The van der Waals surface area contributed by atoms with Crippen molar-refractivity contribution in [2.24, 2.45) is 5.73 Å². The van der Waals surface area contributed by atoms with Gasteiger partial charge in [-0.2, -0.15) is 0 Å². The summed E-state index contributed by atoms with van der Waals surface area (Å²) in [5.74, 6) is -0.564. The van der Waals surface area contributed by atoms with E-state index in [9.17, 15) is 14.9 Å². The standard InChI is InChI=1S/C7H12N2O5/c1-6(8)5-7(10)13-3-2-4-14-9(11)12/h5H,2-4,8H2,1H3/b6-5+. The number of carbonyl (C=O) groups excluding carboxylic acids is 1. The molecule has 7 heteroatoms. The minimum absolute atomic E-state index is 0.0659. The van der Waals surface area contributed by atoms with Crippen LogP contribution in [0.4, 0.5) is 0 Å². The van der Waals surface area contributed by atoms with Gasteiger partial charge in [0.2, 0.25) is 0 Å². The molecular formula is C7H12N2O5. The lowest BCUT2D eigenvalue weighted by Gasteiger charge is -2.01. The second-order valence-corrected chi connectivity index (χ2v) is 2.47. The number of rotatable bonds is 6. The molecule has 0 bridgehead atoms. The average Bonchev–Trinajstić information content (AvgIpc) is 2.01. The van der Waals surface area contributed by atoms with E-state index in [2.05, 4.69) is 9.57 Å². The van der Waals surface area contributed by atoms with Crippen LogP contribution in [0.5, 0.6) is 0 Å². The molecule has 0 aromatic rings. The largest absolute Gasteiger partial charge is 0.462 e. The fraction of sp³-hybridized carbons (Fsp3) is 0.571. The van der Waals surface area contributed by atoms with E-state index in [0.717, 1.165) is 6.08 Å². The number of hydrogen-bond acceptors (Lipinski definition) is 6. The van der Waals surface area contributed by atoms with Crippen molar-refractivity contribution in [3.8, 4) is 0 Å². The highest BCUT2D eigenvalue weighted by atomic mass is 16.9. The first kappa shape index (κ1) is 12.2. The summed E-state index contributed by atoms with van der Waals surface area (Å²) in [7, 11) is 0. The van der Waals surface area contributed by atoms with Crippen molar-refractivity contribution >= 4 is 5.97 Å². The molecule has 0 aromatic carbocycles. The minimum atomic E-state index is -0.897. The topological polar surface area (TPSA) is 105 Å². The van der Waals surface area contributed by atoms with E-state index in [0.29, 0.717) is 5.70 Å². The summed E-state index contributed by atoms with van der Waals surface area (Å²) in [5.41, 5.74) is 5.55. The van der Waals surface area contributed by atoms with Gasteiger partial charge in [0.15, 0.2) is 0 Å². The summed E-state index contributed by atoms with van der Waals surface area (Å²) in [4.78, 5) is 24.5. The zero-order valence-corrected chi connectivity index (χ0v) is 7.76. The maximum atomic E-state index is 10.8. The summed E-state index contributed by atoms with van der Waals surface area (Å²) in [6.07, 6.45) is 1.40. The van der Waals surface area contributed by atoms with Gasteiger partial charge in [0.25, 0.3) is 5.09 Å². The van der Waals surface area contributed by atoms with Crippen LogP contribution in [0.15, 0.2) is 11.8 Å². The molecule has 0 rings (SSSR count). The lowest BCUT2D eigenvalue weighted by molar-refractivity contribution is -0.757. The van der Waals surface area contributed by atoms with E-state index in [-0.39, 0.29) is 19.6 Å². The second-order valence-electron chi connectivity index (χ2n) is 2.47. The Hall–Kier alpha value is -1.79. The van der Waals surface area contributed by atoms with Gasteiger partial charge < -0.3 is 15.3 Å². The van der Waals surface area contributed by atoms with E-state index >= 15 is 0 Å². The third-order valence-electron chi connectivity index (χ3n) is 1.08. The Kier molecular flexibility index (Phi) is 5.84. The minimum Gasteiger partial charge on any atom is -0.462 e. The summed E-state index contributed by atoms with van der Waals surface area (Å²) in [5, 5.41) is 8.79. The SMILES string of the molecule is C/C(N)=C\C(=O)OCCCO[N+](=O)[O-]. The van der Waals surface area contributed by atoms with Crippen LogP contribution in [0, 0.1) is 10.1 Å². The summed E-state index contributed by atoms with van der Waals surface area (Å²) in [6, 6.07) is 0. The van der Waals surface area contributed by atoms with Gasteiger partial charge in [-0.1, -0.05) is 0 Å². The summed E-state index contributed by atoms with van der Waals surface area (Å²) in [6.45, 7) is 1.53. The third-order valence-corrected chi connectivity index (χ3v) is 1.08. The third kappa shape index (κ3) is 8.31. The Morgan fingerprint density at radius 3 is 2.71 bits per heavy atom. The molecule has 80 valence electrons.